The zero-order chi connectivity index (χ0) is 19.6. The molecule has 2 aromatic carbocycles. The molecular formula is C19H17N3O5. The third kappa shape index (κ3) is 3.37. The minimum Gasteiger partial charge on any atom is -0.493 e. The summed E-state index contributed by atoms with van der Waals surface area (Å²) in [7, 11) is 2.83. The number of rotatable bonds is 5. The van der Waals surface area contributed by atoms with E-state index < -0.39 is 4.92 Å². The van der Waals surface area contributed by atoms with Gasteiger partial charge >= 0.3 is 0 Å². The molecule has 1 aliphatic heterocycles. The van der Waals surface area contributed by atoms with E-state index in [-0.39, 0.29) is 28.5 Å². The van der Waals surface area contributed by atoms with Gasteiger partial charge in [-0.1, -0.05) is 18.2 Å². The van der Waals surface area contributed by atoms with Gasteiger partial charge in [-0.25, -0.2) is 0 Å². The molecule has 0 atom stereocenters. The lowest BCUT2D eigenvalue weighted by Crippen LogP contribution is -2.21. The van der Waals surface area contributed by atoms with Gasteiger partial charge < -0.3 is 9.47 Å². The third-order valence-electron chi connectivity index (χ3n) is 4.09. The monoisotopic (exact) mass is 367 g/mol. The maximum atomic E-state index is 12.8. The van der Waals surface area contributed by atoms with E-state index in [0.29, 0.717) is 17.1 Å². The molecule has 0 saturated carbocycles. The quantitative estimate of drug-likeness (QED) is 0.458. The predicted molar refractivity (Wildman–Crippen MR) is 101 cm³/mol. The van der Waals surface area contributed by atoms with Crippen molar-refractivity contribution in [2.24, 2.45) is 5.10 Å². The molecule has 8 heteroatoms. The van der Waals surface area contributed by atoms with Gasteiger partial charge in [0.25, 0.3) is 11.6 Å². The molecule has 0 fully saturated rings. The Morgan fingerprint density at radius 3 is 2.33 bits per heavy atom. The van der Waals surface area contributed by atoms with Crippen molar-refractivity contribution in [2.45, 2.75) is 6.92 Å². The van der Waals surface area contributed by atoms with Crippen molar-refractivity contribution >= 4 is 29.1 Å². The molecule has 1 amide bonds. The van der Waals surface area contributed by atoms with Crippen LogP contribution in [0.15, 0.2) is 53.1 Å². The summed E-state index contributed by atoms with van der Waals surface area (Å²) < 4.78 is 10.3. The lowest BCUT2D eigenvalue weighted by molar-refractivity contribution is -0.385. The van der Waals surface area contributed by atoms with Crippen molar-refractivity contribution in [1.82, 2.24) is 0 Å². The van der Waals surface area contributed by atoms with Crippen LogP contribution in [0.5, 0.6) is 11.5 Å². The SMILES string of the molecule is COc1cc(/C=C2/C(=O)N(c3ccccc3)N=C2C)c([N+](=O)[O-])cc1OC. The number of anilines is 1. The van der Waals surface area contributed by atoms with E-state index >= 15 is 0 Å². The Balaban J connectivity index is 2.08. The number of ether oxygens (including phenoxy) is 2. The van der Waals surface area contributed by atoms with Crippen molar-refractivity contribution in [3.8, 4) is 11.5 Å². The predicted octanol–water partition coefficient (Wildman–Crippen LogP) is 3.42. The molecule has 0 radical (unpaired) electrons. The Hall–Kier alpha value is -3.68. The van der Waals surface area contributed by atoms with E-state index in [2.05, 4.69) is 5.10 Å². The molecular weight excluding hydrogens is 350 g/mol. The highest BCUT2D eigenvalue weighted by Crippen LogP contribution is 2.36. The minimum absolute atomic E-state index is 0.195. The summed E-state index contributed by atoms with van der Waals surface area (Å²) in [5.41, 5.74) is 1.39. The summed E-state index contributed by atoms with van der Waals surface area (Å²) in [5.74, 6) is 0.207. The number of carbonyl (C=O) groups excluding carboxylic acids is 1. The van der Waals surface area contributed by atoms with Crippen molar-refractivity contribution in [2.75, 3.05) is 19.2 Å². The minimum atomic E-state index is -0.533. The lowest BCUT2D eigenvalue weighted by Gasteiger charge is -2.11. The highest BCUT2D eigenvalue weighted by Gasteiger charge is 2.30. The van der Waals surface area contributed by atoms with Crippen molar-refractivity contribution in [3.63, 3.8) is 0 Å². The highest BCUT2D eigenvalue weighted by atomic mass is 16.6. The Morgan fingerprint density at radius 2 is 1.74 bits per heavy atom. The van der Waals surface area contributed by atoms with Crippen molar-refractivity contribution < 1.29 is 19.2 Å². The van der Waals surface area contributed by atoms with Gasteiger partial charge in [0.2, 0.25) is 0 Å². The Morgan fingerprint density at radius 1 is 1.11 bits per heavy atom. The fourth-order valence-electron chi connectivity index (χ4n) is 2.74. The van der Waals surface area contributed by atoms with Gasteiger partial charge in [-0.3, -0.25) is 14.9 Å². The van der Waals surface area contributed by atoms with E-state index in [0.717, 1.165) is 0 Å². The maximum Gasteiger partial charge on any atom is 0.280 e. The molecule has 0 N–H and O–H groups in total. The maximum absolute atomic E-state index is 12.8. The number of nitro benzene ring substituents is 1. The number of methoxy groups -OCH3 is 2. The summed E-state index contributed by atoms with van der Waals surface area (Å²) in [6.45, 7) is 1.68. The summed E-state index contributed by atoms with van der Waals surface area (Å²) in [6.07, 6.45) is 1.45. The van der Waals surface area contributed by atoms with Crippen LogP contribution in [0.2, 0.25) is 0 Å². The van der Waals surface area contributed by atoms with Crippen LogP contribution in [0.1, 0.15) is 12.5 Å². The molecule has 0 spiro atoms. The second-order valence-corrected chi connectivity index (χ2v) is 5.72. The second kappa shape index (κ2) is 7.28. The summed E-state index contributed by atoms with van der Waals surface area (Å²) in [4.78, 5) is 23.7. The van der Waals surface area contributed by atoms with E-state index in [4.69, 9.17) is 9.47 Å². The summed E-state index contributed by atoms with van der Waals surface area (Å²) >= 11 is 0. The van der Waals surface area contributed by atoms with Crippen LogP contribution in [0.25, 0.3) is 6.08 Å². The molecule has 27 heavy (non-hydrogen) atoms. The zero-order valence-electron chi connectivity index (χ0n) is 15.0. The largest absolute Gasteiger partial charge is 0.493 e. The molecule has 0 saturated heterocycles. The van der Waals surface area contributed by atoms with Gasteiger partial charge in [0.1, 0.15) is 0 Å². The fraction of sp³-hybridized carbons (Fsp3) is 0.158. The number of benzene rings is 2. The molecule has 0 unspecified atom stereocenters. The summed E-state index contributed by atoms with van der Waals surface area (Å²) in [5, 5.41) is 17.0. The number of amides is 1. The van der Waals surface area contributed by atoms with E-state index in [1.165, 1.54) is 37.4 Å². The standard InChI is InChI=1S/C19H17N3O5/c1-12-15(19(23)21(20-12)14-7-5-4-6-8-14)9-13-10-17(26-2)18(27-3)11-16(13)22(24)25/h4-11H,1-3H3/b15-9+. The molecule has 3 rings (SSSR count). The van der Waals surface area contributed by atoms with Crippen LogP contribution in [-0.2, 0) is 4.79 Å². The highest BCUT2D eigenvalue weighted by molar-refractivity contribution is 6.32. The van der Waals surface area contributed by atoms with E-state index in [1.807, 2.05) is 6.07 Å². The Kier molecular flexibility index (Phi) is 4.89. The number of hydrogen-bond donors (Lipinski definition) is 0. The summed E-state index contributed by atoms with van der Waals surface area (Å²) in [6, 6.07) is 11.7. The van der Waals surface area contributed by atoms with Crippen molar-refractivity contribution in [1.29, 1.82) is 0 Å². The molecule has 0 bridgehead atoms. The van der Waals surface area contributed by atoms with Crippen LogP contribution in [0, 0.1) is 10.1 Å². The van der Waals surface area contributed by atoms with Gasteiger partial charge in [0.05, 0.1) is 47.7 Å². The normalized spacial score (nSPS) is 15.1. The smallest absolute Gasteiger partial charge is 0.280 e. The first-order valence-corrected chi connectivity index (χ1v) is 8.03. The number of para-hydroxylation sites is 1. The average Bonchev–Trinajstić information content (AvgIpc) is 2.96. The van der Waals surface area contributed by atoms with Gasteiger partial charge in [0, 0.05) is 0 Å². The van der Waals surface area contributed by atoms with Crippen LogP contribution in [0.3, 0.4) is 0 Å². The number of hydrogen-bond acceptors (Lipinski definition) is 6. The van der Waals surface area contributed by atoms with Crippen LogP contribution in [0.4, 0.5) is 11.4 Å². The molecule has 1 aliphatic rings. The first-order valence-electron chi connectivity index (χ1n) is 8.03. The molecule has 0 aromatic heterocycles. The van der Waals surface area contributed by atoms with Crippen molar-refractivity contribution in [3.05, 3.63) is 63.7 Å². The molecule has 0 aliphatic carbocycles. The van der Waals surface area contributed by atoms with Gasteiger partial charge in [0.15, 0.2) is 11.5 Å². The van der Waals surface area contributed by atoms with Gasteiger partial charge in [-0.2, -0.15) is 10.1 Å². The molecule has 8 nitrogen and oxygen atoms in total. The third-order valence-corrected chi connectivity index (χ3v) is 4.09. The van der Waals surface area contributed by atoms with Crippen LogP contribution >= 0.6 is 0 Å². The second-order valence-electron chi connectivity index (χ2n) is 5.72. The number of nitrogens with zero attached hydrogens (tertiary/aromatic N) is 3. The average molecular weight is 367 g/mol. The number of nitro groups is 1. The van der Waals surface area contributed by atoms with Crippen LogP contribution < -0.4 is 14.5 Å². The first kappa shape index (κ1) is 18.1. The van der Waals surface area contributed by atoms with Gasteiger partial charge in [-0.15, -0.1) is 0 Å². The van der Waals surface area contributed by atoms with E-state index in [1.54, 1.807) is 31.2 Å². The van der Waals surface area contributed by atoms with Crippen LogP contribution in [-0.4, -0.2) is 30.8 Å². The Labute approximate surface area is 155 Å². The van der Waals surface area contributed by atoms with E-state index in [9.17, 15) is 14.9 Å². The zero-order valence-corrected chi connectivity index (χ0v) is 15.0. The molecule has 2 aromatic rings. The van der Waals surface area contributed by atoms with Gasteiger partial charge in [-0.05, 0) is 31.2 Å². The number of hydrazone groups is 1. The first-order chi connectivity index (χ1) is 13.0. The lowest BCUT2D eigenvalue weighted by atomic mass is 10.0. The molecule has 1 heterocycles. The number of carbonyl (C=O) groups is 1. The molecule has 138 valence electrons. The Bertz CT molecular complexity index is 967. The topological polar surface area (TPSA) is 94.3 Å². The fourth-order valence-corrected chi connectivity index (χ4v) is 2.74.